The van der Waals surface area contributed by atoms with Crippen LogP contribution in [0.4, 0.5) is 40.7 Å². The average molecular weight is 564 g/mol. The lowest BCUT2D eigenvalue weighted by Crippen LogP contribution is -2.61. The Bertz CT molecular complexity index is 1190. The molecule has 0 atom stereocenters. The van der Waals surface area contributed by atoms with Crippen LogP contribution in [0.15, 0.2) is 24.4 Å². The number of aromatic nitrogens is 2. The number of likely N-dealkylation sites (tertiary alicyclic amines) is 1. The summed E-state index contributed by atoms with van der Waals surface area (Å²) < 4.78 is 57.2. The average Bonchev–Trinajstić information content (AvgIpc) is 3.68. The highest BCUT2D eigenvalue weighted by Crippen LogP contribution is 2.40. The fourth-order valence-electron chi connectivity index (χ4n) is 6.28. The molecule has 1 aromatic heterocycles. The molecule has 2 saturated heterocycles. The summed E-state index contributed by atoms with van der Waals surface area (Å²) in [6.45, 7) is 12.3. The monoisotopic (exact) mass is 563 g/mol. The molecule has 2 aromatic rings. The zero-order valence-corrected chi connectivity index (χ0v) is 24.1. The highest BCUT2D eigenvalue weighted by Gasteiger charge is 2.43. The molecule has 2 N–H and O–H groups in total. The van der Waals surface area contributed by atoms with E-state index in [-0.39, 0.29) is 40.3 Å². The number of hydrogen-bond acceptors (Lipinski definition) is 7. The summed E-state index contributed by atoms with van der Waals surface area (Å²) in [6, 6.07) is 4.17. The molecule has 5 rings (SSSR count). The second-order valence-electron chi connectivity index (χ2n) is 12.9. The fourth-order valence-corrected chi connectivity index (χ4v) is 6.28. The van der Waals surface area contributed by atoms with E-state index in [0.717, 1.165) is 50.7 Å². The van der Waals surface area contributed by atoms with Crippen molar-refractivity contribution < 1.29 is 17.6 Å². The maximum absolute atomic E-state index is 14.7. The third kappa shape index (κ3) is 6.46. The Morgan fingerprint density at radius 2 is 1.65 bits per heavy atom. The van der Waals surface area contributed by atoms with Crippen LogP contribution in [-0.4, -0.2) is 76.7 Å². The van der Waals surface area contributed by atoms with Crippen molar-refractivity contribution >= 4 is 23.1 Å². The van der Waals surface area contributed by atoms with E-state index in [1.807, 2.05) is 4.90 Å². The Morgan fingerprint density at radius 3 is 2.25 bits per heavy atom. The van der Waals surface area contributed by atoms with Gasteiger partial charge in [0.15, 0.2) is 11.6 Å². The van der Waals surface area contributed by atoms with Crippen molar-refractivity contribution in [2.24, 2.45) is 5.92 Å². The first-order valence-corrected chi connectivity index (χ1v) is 14.2. The lowest BCUT2D eigenvalue weighted by molar-refractivity contribution is -0.137. The minimum absolute atomic E-state index is 0.0284. The number of benzene rings is 1. The molecular formula is C29H41F4N7. The van der Waals surface area contributed by atoms with Gasteiger partial charge in [0, 0.05) is 61.2 Å². The molecule has 7 nitrogen and oxygen atoms in total. The minimum atomic E-state index is -4.53. The summed E-state index contributed by atoms with van der Waals surface area (Å²) in [4.78, 5) is 14.8. The van der Waals surface area contributed by atoms with Crippen molar-refractivity contribution in [2.45, 2.75) is 76.7 Å². The van der Waals surface area contributed by atoms with Crippen LogP contribution in [0.1, 0.15) is 58.9 Å². The molecule has 0 unspecified atom stereocenters. The number of piperidine rings is 1. The standard InChI is InChI=1S/C29H41F4N7/c1-27(2)15-21(16-28(3,4)38(27)5)35-25-23(30)17-34-26(37-25)36-20-8-9-24(22(14-20)29(31,32)33)40-12-10-39(11-13-40)18-19-6-7-19/h8-9,14,17,19,21H,6-7,10-13,15-16,18H2,1-5H3,(H2,34,35,36,37). The number of hydrogen-bond donors (Lipinski definition) is 2. The van der Waals surface area contributed by atoms with Gasteiger partial charge in [-0.15, -0.1) is 0 Å². The summed E-state index contributed by atoms with van der Waals surface area (Å²) in [5, 5.41) is 6.09. The third-order valence-corrected chi connectivity index (χ3v) is 8.88. The third-order valence-electron chi connectivity index (χ3n) is 8.88. The quantitative estimate of drug-likeness (QED) is 0.403. The molecule has 3 heterocycles. The van der Waals surface area contributed by atoms with E-state index in [1.165, 1.54) is 18.9 Å². The van der Waals surface area contributed by atoms with Crippen molar-refractivity contribution in [3.63, 3.8) is 0 Å². The Kier molecular flexibility index (Phi) is 7.67. The van der Waals surface area contributed by atoms with Gasteiger partial charge in [0.1, 0.15) is 0 Å². The predicted octanol–water partition coefficient (Wildman–Crippen LogP) is 5.97. The van der Waals surface area contributed by atoms with E-state index >= 15 is 0 Å². The number of rotatable bonds is 7. The number of halogens is 4. The van der Waals surface area contributed by atoms with Crippen molar-refractivity contribution in [1.29, 1.82) is 0 Å². The smallest absolute Gasteiger partial charge is 0.368 e. The second-order valence-corrected chi connectivity index (χ2v) is 12.9. The fraction of sp³-hybridized carbons (Fsp3) is 0.655. The molecule has 3 fully saturated rings. The maximum atomic E-state index is 14.7. The molecule has 1 aliphatic carbocycles. The van der Waals surface area contributed by atoms with Crippen LogP contribution in [0.2, 0.25) is 0 Å². The minimum Gasteiger partial charge on any atom is -0.368 e. The summed E-state index contributed by atoms with van der Waals surface area (Å²) in [7, 11) is 2.10. The molecule has 2 aliphatic heterocycles. The number of nitrogens with zero attached hydrogens (tertiary/aromatic N) is 5. The molecule has 0 radical (unpaired) electrons. The first-order chi connectivity index (χ1) is 18.7. The SMILES string of the molecule is CN1C(C)(C)CC(Nc2nc(Nc3ccc(N4CCN(CC5CC5)CC4)c(C(F)(F)F)c3)ncc2F)CC1(C)C. The Labute approximate surface area is 234 Å². The predicted molar refractivity (Wildman–Crippen MR) is 151 cm³/mol. The highest BCUT2D eigenvalue weighted by molar-refractivity contribution is 5.65. The Hall–Kier alpha value is -2.66. The van der Waals surface area contributed by atoms with Crippen molar-refractivity contribution in [2.75, 3.05) is 55.3 Å². The van der Waals surface area contributed by atoms with Gasteiger partial charge in [-0.3, -0.25) is 9.80 Å². The number of alkyl halides is 3. The van der Waals surface area contributed by atoms with Gasteiger partial charge in [0.05, 0.1) is 11.8 Å². The largest absolute Gasteiger partial charge is 0.418 e. The van der Waals surface area contributed by atoms with Crippen molar-refractivity contribution in [3.05, 3.63) is 35.8 Å². The van der Waals surface area contributed by atoms with Gasteiger partial charge in [0.25, 0.3) is 0 Å². The summed E-state index contributed by atoms with van der Waals surface area (Å²) >= 11 is 0. The van der Waals surface area contributed by atoms with E-state index in [4.69, 9.17) is 0 Å². The highest BCUT2D eigenvalue weighted by atomic mass is 19.4. The molecule has 3 aliphatic rings. The molecule has 0 amide bonds. The van der Waals surface area contributed by atoms with Gasteiger partial charge in [-0.2, -0.15) is 18.2 Å². The zero-order valence-electron chi connectivity index (χ0n) is 24.1. The topological polar surface area (TPSA) is 59.6 Å². The van der Waals surface area contributed by atoms with Gasteiger partial charge < -0.3 is 15.5 Å². The van der Waals surface area contributed by atoms with Crippen LogP contribution in [-0.2, 0) is 6.18 Å². The van der Waals surface area contributed by atoms with Crippen LogP contribution in [0.5, 0.6) is 0 Å². The van der Waals surface area contributed by atoms with Gasteiger partial charge in [-0.05, 0) is 84.5 Å². The van der Waals surface area contributed by atoms with Crippen molar-refractivity contribution in [3.8, 4) is 0 Å². The van der Waals surface area contributed by atoms with Gasteiger partial charge in [-0.1, -0.05) is 0 Å². The van der Waals surface area contributed by atoms with E-state index in [2.05, 4.69) is 65.1 Å². The molecule has 1 saturated carbocycles. The van der Waals surface area contributed by atoms with E-state index < -0.39 is 17.6 Å². The number of piperazine rings is 1. The molecule has 0 spiro atoms. The van der Waals surface area contributed by atoms with Gasteiger partial charge >= 0.3 is 6.18 Å². The van der Waals surface area contributed by atoms with Gasteiger partial charge in [0.2, 0.25) is 5.95 Å². The second kappa shape index (κ2) is 10.6. The molecule has 11 heteroatoms. The molecule has 220 valence electrons. The Morgan fingerprint density at radius 1 is 1.00 bits per heavy atom. The summed E-state index contributed by atoms with van der Waals surface area (Å²) in [6.07, 6.45) is 0.605. The summed E-state index contributed by atoms with van der Waals surface area (Å²) in [5.41, 5.74) is -0.543. The maximum Gasteiger partial charge on any atom is 0.418 e. The van der Waals surface area contributed by atoms with Gasteiger partial charge in [-0.25, -0.2) is 9.37 Å². The zero-order chi connectivity index (χ0) is 28.9. The van der Waals surface area contributed by atoms with Crippen LogP contribution in [0.3, 0.4) is 0 Å². The first-order valence-electron chi connectivity index (χ1n) is 14.2. The van der Waals surface area contributed by atoms with Crippen LogP contribution in [0, 0.1) is 11.7 Å². The number of anilines is 4. The number of nitrogens with one attached hydrogen (secondary N) is 2. The van der Waals surface area contributed by atoms with E-state index in [0.29, 0.717) is 13.1 Å². The lowest BCUT2D eigenvalue weighted by Gasteiger charge is -2.53. The van der Waals surface area contributed by atoms with Crippen LogP contribution in [0.25, 0.3) is 0 Å². The van der Waals surface area contributed by atoms with E-state index in [1.54, 1.807) is 6.07 Å². The van der Waals surface area contributed by atoms with Crippen LogP contribution >= 0.6 is 0 Å². The Balaban J connectivity index is 1.31. The molecule has 1 aromatic carbocycles. The van der Waals surface area contributed by atoms with E-state index in [9.17, 15) is 17.6 Å². The molecule has 0 bridgehead atoms. The summed E-state index contributed by atoms with van der Waals surface area (Å²) in [5.74, 6) is 0.225. The normalized spacial score (nSPS) is 22.4. The molecule has 40 heavy (non-hydrogen) atoms. The van der Waals surface area contributed by atoms with Crippen molar-refractivity contribution in [1.82, 2.24) is 19.8 Å². The van der Waals surface area contributed by atoms with Crippen LogP contribution < -0.4 is 15.5 Å². The first kappa shape index (κ1) is 28.9. The molecular weight excluding hydrogens is 522 g/mol. The lowest BCUT2D eigenvalue weighted by atomic mass is 9.77.